The molecule has 0 saturated carbocycles. The third-order valence-corrected chi connectivity index (χ3v) is 3.84. The minimum Gasteiger partial charge on any atom is -0.478 e. The van der Waals surface area contributed by atoms with Crippen molar-refractivity contribution in [3.05, 3.63) is 65.4 Å². The lowest BCUT2D eigenvalue weighted by atomic mass is 10.3. The molecular formula is C17H11ClN4O3. The highest BCUT2D eigenvalue weighted by atomic mass is 35.5. The monoisotopic (exact) mass is 354 g/mol. The Balaban J connectivity index is 1.72. The minimum absolute atomic E-state index is 0.0755. The van der Waals surface area contributed by atoms with Crippen LogP contribution in [0.25, 0.3) is 17.0 Å². The SMILES string of the molecule is O=C(O)c1cnn(-c2nc3cc(Oc4ccccc4)c(Cl)cc3[nH]2)c1. The zero-order chi connectivity index (χ0) is 17.4. The first-order chi connectivity index (χ1) is 12.1. The second-order valence-corrected chi connectivity index (χ2v) is 5.66. The summed E-state index contributed by atoms with van der Waals surface area (Å²) in [6, 6.07) is 12.7. The van der Waals surface area contributed by atoms with Gasteiger partial charge in [-0.3, -0.25) is 0 Å². The van der Waals surface area contributed by atoms with Gasteiger partial charge in [-0.05, 0) is 18.2 Å². The van der Waals surface area contributed by atoms with E-state index in [-0.39, 0.29) is 5.56 Å². The first-order valence-electron chi connectivity index (χ1n) is 7.30. The lowest BCUT2D eigenvalue weighted by molar-refractivity contribution is 0.0697. The molecule has 2 heterocycles. The van der Waals surface area contributed by atoms with Crippen molar-refractivity contribution in [3.63, 3.8) is 0 Å². The maximum absolute atomic E-state index is 11.0. The molecule has 0 amide bonds. The molecule has 2 N–H and O–H groups in total. The van der Waals surface area contributed by atoms with E-state index in [1.54, 1.807) is 12.1 Å². The lowest BCUT2D eigenvalue weighted by Crippen LogP contribution is -1.97. The molecule has 2 aromatic carbocycles. The van der Waals surface area contributed by atoms with Crippen LogP contribution in [0.2, 0.25) is 5.02 Å². The molecule has 0 fully saturated rings. The van der Waals surface area contributed by atoms with E-state index in [0.717, 1.165) is 0 Å². The number of rotatable bonds is 4. The molecule has 4 rings (SSSR count). The van der Waals surface area contributed by atoms with Gasteiger partial charge in [-0.25, -0.2) is 14.5 Å². The normalized spacial score (nSPS) is 10.9. The van der Waals surface area contributed by atoms with E-state index in [4.69, 9.17) is 21.4 Å². The first-order valence-corrected chi connectivity index (χ1v) is 7.68. The quantitative estimate of drug-likeness (QED) is 0.580. The van der Waals surface area contributed by atoms with Gasteiger partial charge in [0.25, 0.3) is 0 Å². The highest BCUT2D eigenvalue weighted by Crippen LogP contribution is 2.33. The van der Waals surface area contributed by atoms with Gasteiger partial charge >= 0.3 is 5.97 Å². The van der Waals surface area contributed by atoms with Crippen molar-refractivity contribution < 1.29 is 14.6 Å². The average Bonchev–Trinajstić information content (AvgIpc) is 3.22. The number of fused-ring (bicyclic) bond motifs is 1. The molecule has 4 aromatic rings. The Morgan fingerprint density at radius 1 is 1.24 bits per heavy atom. The van der Waals surface area contributed by atoms with Gasteiger partial charge in [-0.2, -0.15) is 5.10 Å². The zero-order valence-electron chi connectivity index (χ0n) is 12.7. The summed E-state index contributed by atoms with van der Waals surface area (Å²) >= 11 is 6.28. The molecule has 0 saturated heterocycles. The number of aromatic amines is 1. The van der Waals surface area contributed by atoms with Crippen LogP contribution < -0.4 is 4.74 Å². The summed E-state index contributed by atoms with van der Waals surface area (Å²) in [5, 5.41) is 13.4. The van der Waals surface area contributed by atoms with E-state index >= 15 is 0 Å². The van der Waals surface area contributed by atoms with Crippen molar-refractivity contribution in [1.29, 1.82) is 0 Å². The van der Waals surface area contributed by atoms with E-state index in [2.05, 4.69) is 15.1 Å². The molecule has 124 valence electrons. The molecule has 0 bridgehead atoms. The number of benzene rings is 2. The van der Waals surface area contributed by atoms with Gasteiger partial charge < -0.3 is 14.8 Å². The Morgan fingerprint density at radius 3 is 2.76 bits per heavy atom. The highest BCUT2D eigenvalue weighted by molar-refractivity contribution is 6.32. The Hall–Kier alpha value is -3.32. The smallest absolute Gasteiger partial charge is 0.338 e. The molecule has 0 aliphatic carbocycles. The predicted octanol–water partition coefficient (Wildman–Crippen LogP) is 3.89. The van der Waals surface area contributed by atoms with Gasteiger partial charge in [0, 0.05) is 12.3 Å². The van der Waals surface area contributed by atoms with E-state index in [9.17, 15) is 4.79 Å². The topological polar surface area (TPSA) is 93.0 Å². The summed E-state index contributed by atoms with van der Waals surface area (Å²) in [4.78, 5) is 18.4. The number of para-hydroxylation sites is 1. The third-order valence-electron chi connectivity index (χ3n) is 3.54. The molecule has 0 atom stereocenters. The number of carbonyl (C=O) groups is 1. The minimum atomic E-state index is -1.05. The number of nitrogens with one attached hydrogen (secondary N) is 1. The summed E-state index contributed by atoms with van der Waals surface area (Å²) in [6.07, 6.45) is 2.63. The zero-order valence-corrected chi connectivity index (χ0v) is 13.4. The first kappa shape index (κ1) is 15.2. The molecule has 0 unspecified atom stereocenters. The van der Waals surface area contributed by atoms with Gasteiger partial charge in [-0.1, -0.05) is 29.8 Å². The lowest BCUT2D eigenvalue weighted by Gasteiger charge is -2.07. The van der Waals surface area contributed by atoms with Crippen molar-refractivity contribution in [1.82, 2.24) is 19.7 Å². The molecule has 8 heteroatoms. The van der Waals surface area contributed by atoms with Crippen LogP contribution in [0.5, 0.6) is 11.5 Å². The van der Waals surface area contributed by atoms with Gasteiger partial charge in [0.05, 0.1) is 27.8 Å². The standard InChI is InChI=1S/C17H11ClN4O3/c18-12-6-13-14(7-15(12)25-11-4-2-1-3-5-11)21-17(20-13)22-9-10(8-19-22)16(23)24/h1-9H,(H,20,21)(H,23,24). The summed E-state index contributed by atoms with van der Waals surface area (Å²) in [5.74, 6) is 0.474. The van der Waals surface area contributed by atoms with Crippen molar-refractivity contribution in [2.75, 3.05) is 0 Å². The van der Waals surface area contributed by atoms with Crippen molar-refractivity contribution in [2.45, 2.75) is 0 Å². The molecule has 2 aromatic heterocycles. The van der Waals surface area contributed by atoms with E-state index in [1.807, 2.05) is 30.3 Å². The number of hydrogen-bond donors (Lipinski definition) is 2. The molecule has 0 aliphatic rings. The largest absolute Gasteiger partial charge is 0.478 e. The van der Waals surface area contributed by atoms with Crippen molar-refractivity contribution in [2.24, 2.45) is 0 Å². The number of nitrogens with zero attached hydrogens (tertiary/aromatic N) is 3. The number of hydrogen-bond acceptors (Lipinski definition) is 4. The van der Waals surface area contributed by atoms with Crippen molar-refractivity contribution in [3.8, 4) is 17.4 Å². The predicted molar refractivity (Wildman–Crippen MR) is 91.7 cm³/mol. The highest BCUT2D eigenvalue weighted by Gasteiger charge is 2.13. The van der Waals surface area contributed by atoms with Gasteiger partial charge in [-0.15, -0.1) is 0 Å². The number of imidazole rings is 1. The summed E-state index contributed by atoms with van der Waals surface area (Å²) in [6.45, 7) is 0. The number of aromatic carboxylic acids is 1. The van der Waals surface area contributed by atoms with Gasteiger partial charge in [0.2, 0.25) is 5.95 Å². The maximum atomic E-state index is 11.0. The fraction of sp³-hybridized carbons (Fsp3) is 0. The molecule has 0 radical (unpaired) electrons. The number of halogens is 1. The Labute approximate surface area is 146 Å². The number of ether oxygens (including phenoxy) is 1. The number of H-pyrrole nitrogens is 1. The van der Waals surface area contributed by atoms with Crippen LogP contribution in [0.4, 0.5) is 0 Å². The third kappa shape index (κ3) is 2.92. The van der Waals surface area contributed by atoms with Crippen molar-refractivity contribution >= 4 is 28.6 Å². The average molecular weight is 355 g/mol. The van der Waals surface area contributed by atoms with E-state index in [1.165, 1.54) is 17.1 Å². The van der Waals surface area contributed by atoms with Crippen LogP contribution in [0.3, 0.4) is 0 Å². The van der Waals surface area contributed by atoms with Crippen LogP contribution in [-0.2, 0) is 0 Å². The molecule has 7 nitrogen and oxygen atoms in total. The molecule has 0 spiro atoms. The summed E-state index contributed by atoms with van der Waals surface area (Å²) in [7, 11) is 0. The van der Waals surface area contributed by atoms with Gasteiger partial charge in [0.15, 0.2) is 0 Å². The fourth-order valence-electron chi connectivity index (χ4n) is 2.35. The molecular weight excluding hydrogens is 344 g/mol. The number of carboxylic acids is 1. The molecule has 0 aliphatic heterocycles. The van der Waals surface area contributed by atoms with E-state index < -0.39 is 5.97 Å². The second-order valence-electron chi connectivity index (χ2n) is 5.25. The summed E-state index contributed by atoms with van der Waals surface area (Å²) in [5.41, 5.74) is 1.39. The second kappa shape index (κ2) is 5.95. The maximum Gasteiger partial charge on any atom is 0.338 e. The van der Waals surface area contributed by atoms with Crippen LogP contribution in [0, 0.1) is 0 Å². The van der Waals surface area contributed by atoms with Gasteiger partial charge in [0.1, 0.15) is 11.5 Å². The Kier molecular flexibility index (Phi) is 3.62. The number of aromatic nitrogens is 4. The van der Waals surface area contributed by atoms with Crippen LogP contribution >= 0.6 is 11.6 Å². The summed E-state index contributed by atoms with van der Waals surface area (Å²) < 4.78 is 7.14. The fourth-order valence-corrected chi connectivity index (χ4v) is 2.55. The van der Waals surface area contributed by atoms with E-state index in [0.29, 0.717) is 33.5 Å². The Bertz CT molecular complexity index is 1070. The number of carboxylic acid groups (broad SMARTS) is 1. The van der Waals surface area contributed by atoms with Crippen LogP contribution in [0.1, 0.15) is 10.4 Å². The Morgan fingerprint density at radius 2 is 2.04 bits per heavy atom. The molecule has 25 heavy (non-hydrogen) atoms. The van der Waals surface area contributed by atoms with Crippen LogP contribution in [-0.4, -0.2) is 30.8 Å². The van der Waals surface area contributed by atoms with Crippen LogP contribution in [0.15, 0.2) is 54.9 Å².